The van der Waals surface area contributed by atoms with Gasteiger partial charge in [0, 0.05) is 54.6 Å². The highest BCUT2D eigenvalue weighted by Gasteiger charge is 2.32. The number of thioether (sulfide) groups is 1. The number of nitrogen functional groups attached to an aromatic ring is 1. The molecule has 10 nitrogen and oxygen atoms in total. The third-order valence-electron chi connectivity index (χ3n) is 8.26. The first-order valence-corrected chi connectivity index (χ1v) is 17.7. The summed E-state index contributed by atoms with van der Waals surface area (Å²) in [6.07, 6.45) is 1.64. The Morgan fingerprint density at radius 3 is 2.14 bits per heavy atom. The summed E-state index contributed by atoms with van der Waals surface area (Å²) in [5, 5.41) is 18.1. The normalized spacial score (nSPS) is 17.1. The van der Waals surface area contributed by atoms with Crippen molar-refractivity contribution in [1.29, 1.82) is 0 Å². The predicted octanol–water partition coefficient (Wildman–Crippen LogP) is 6.87. The minimum absolute atomic E-state index is 0.0193. The molecule has 1 aliphatic heterocycles. The zero-order valence-electron chi connectivity index (χ0n) is 28.1. The molecular weight excluding hydrogens is 653 g/mol. The topological polar surface area (TPSA) is 152 Å². The Hall–Kier alpha value is -4.68. The average Bonchev–Trinajstić information content (AvgIpc) is 3.13. The minimum Gasteiger partial charge on any atom is -0.397 e. The molecule has 262 valence electrons. The number of hydrogen-bond acceptors (Lipinski definition) is 8. The van der Waals surface area contributed by atoms with Crippen LogP contribution in [-0.2, 0) is 37.0 Å². The molecule has 11 heteroatoms. The molecule has 1 saturated heterocycles. The minimum atomic E-state index is -0.585. The summed E-state index contributed by atoms with van der Waals surface area (Å²) in [7, 11) is 0. The van der Waals surface area contributed by atoms with Gasteiger partial charge in [-0.2, -0.15) is 0 Å². The maximum Gasteiger partial charge on any atom is 0.224 e. The molecule has 50 heavy (non-hydrogen) atoms. The Morgan fingerprint density at radius 2 is 1.46 bits per heavy atom. The molecule has 3 unspecified atom stereocenters. The first-order valence-electron chi connectivity index (χ1n) is 16.8. The highest BCUT2D eigenvalue weighted by Crippen LogP contribution is 2.39. The van der Waals surface area contributed by atoms with Crippen molar-refractivity contribution >= 4 is 46.5 Å². The van der Waals surface area contributed by atoms with Crippen LogP contribution >= 0.6 is 11.8 Å². The van der Waals surface area contributed by atoms with E-state index in [4.69, 9.17) is 15.2 Å². The van der Waals surface area contributed by atoms with Gasteiger partial charge in [-0.3, -0.25) is 14.4 Å². The number of nitrogens with two attached hydrogens (primary N) is 1. The van der Waals surface area contributed by atoms with Crippen LogP contribution in [0.3, 0.4) is 0 Å². The van der Waals surface area contributed by atoms with E-state index in [1.54, 1.807) is 23.9 Å². The molecule has 0 bridgehead atoms. The molecule has 5 rings (SSSR count). The summed E-state index contributed by atoms with van der Waals surface area (Å²) >= 11 is 1.68. The van der Waals surface area contributed by atoms with Crippen molar-refractivity contribution in [1.82, 2.24) is 5.32 Å². The van der Waals surface area contributed by atoms with E-state index < -0.39 is 6.29 Å². The fraction of sp³-hybridized carbons (Fsp3) is 0.308. The lowest BCUT2D eigenvalue weighted by Gasteiger charge is -2.36. The zero-order chi connectivity index (χ0) is 35.3. The Morgan fingerprint density at radius 1 is 0.800 bits per heavy atom. The summed E-state index contributed by atoms with van der Waals surface area (Å²) in [5.41, 5.74) is 11.4. The van der Waals surface area contributed by atoms with E-state index >= 15 is 0 Å². The summed E-state index contributed by atoms with van der Waals surface area (Å²) in [5.74, 6) is 0.408. The van der Waals surface area contributed by atoms with Gasteiger partial charge in [0.2, 0.25) is 17.7 Å². The van der Waals surface area contributed by atoms with E-state index in [9.17, 15) is 19.5 Å². The molecule has 3 amide bonds. The van der Waals surface area contributed by atoms with Gasteiger partial charge in [-0.15, -0.1) is 11.8 Å². The number of benzene rings is 4. The molecule has 0 aromatic heterocycles. The van der Waals surface area contributed by atoms with E-state index in [1.807, 2.05) is 84.9 Å². The number of amides is 3. The van der Waals surface area contributed by atoms with Crippen LogP contribution in [0.25, 0.3) is 0 Å². The Balaban J connectivity index is 1.12. The third kappa shape index (κ3) is 11.2. The smallest absolute Gasteiger partial charge is 0.224 e. The van der Waals surface area contributed by atoms with Gasteiger partial charge < -0.3 is 36.3 Å². The summed E-state index contributed by atoms with van der Waals surface area (Å²) < 4.78 is 12.9. The van der Waals surface area contributed by atoms with E-state index in [0.29, 0.717) is 55.8 Å². The van der Waals surface area contributed by atoms with Crippen molar-refractivity contribution in [3.63, 3.8) is 0 Å². The number of aliphatic hydroxyl groups excluding tert-OH is 1. The van der Waals surface area contributed by atoms with Crippen LogP contribution in [0, 0.1) is 0 Å². The number of aliphatic hydroxyl groups is 1. The SMILES string of the molecule is CC(=O)Nc1ccc(SCC2CC(c3ccc(CO)cc3)OC(c3ccc(CNC(=O)CCCCC(=O)Nc4ccccc4N)cc3)O2)cc1. The molecule has 6 N–H and O–H groups in total. The highest BCUT2D eigenvalue weighted by atomic mass is 32.2. The van der Waals surface area contributed by atoms with Crippen LogP contribution in [0.4, 0.5) is 17.1 Å². The molecule has 0 aliphatic carbocycles. The van der Waals surface area contributed by atoms with Gasteiger partial charge in [0.1, 0.15) is 0 Å². The average molecular weight is 697 g/mol. The van der Waals surface area contributed by atoms with Crippen molar-refractivity contribution in [2.24, 2.45) is 0 Å². The van der Waals surface area contributed by atoms with E-state index in [0.717, 1.165) is 32.8 Å². The maximum atomic E-state index is 12.5. The van der Waals surface area contributed by atoms with Crippen molar-refractivity contribution in [3.8, 4) is 0 Å². The van der Waals surface area contributed by atoms with Crippen molar-refractivity contribution in [2.45, 2.75) is 75.6 Å². The molecular formula is C39H44N4O6S. The highest BCUT2D eigenvalue weighted by molar-refractivity contribution is 7.99. The Bertz CT molecular complexity index is 1720. The predicted molar refractivity (Wildman–Crippen MR) is 196 cm³/mol. The molecule has 4 aromatic rings. The van der Waals surface area contributed by atoms with Crippen LogP contribution < -0.4 is 21.7 Å². The van der Waals surface area contributed by atoms with Crippen LogP contribution in [0.15, 0.2) is 102 Å². The number of para-hydroxylation sites is 2. The lowest BCUT2D eigenvalue weighted by Crippen LogP contribution is -2.31. The fourth-order valence-electron chi connectivity index (χ4n) is 5.53. The first kappa shape index (κ1) is 36.6. The van der Waals surface area contributed by atoms with E-state index in [2.05, 4.69) is 16.0 Å². The number of carbonyl (C=O) groups excluding carboxylic acids is 3. The molecule has 0 radical (unpaired) electrons. The molecule has 3 atom stereocenters. The standard InChI is InChI=1S/C39H44N4O6S/c1-26(45)42-31-18-20-33(21-19-31)50-25-32-22-36(29-14-12-28(24-44)13-15-29)49-39(48-32)30-16-10-27(11-17-30)23-41-37(46)8-4-5-9-38(47)43-35-7-3-2-6-34(35)40/h2-3,6-7,10-21,32,36,39,44H,4-5,8-9,22-25,40H2,1H3,(H,41,46)(H,42,45)(H,43,47). The second-order valence-electron chi connectivity index (χ2n) is 12.2. The van der Waals surface area contributed by atoms with Crippen LogP contribution in [0.5, 0.6) is 0 Å². The van der Waals surface area contributed by atoms with Crippen molar-refractivity contribution < 1.29 is 29.0 Å². The number of anilines is 3. The van der Waals surface area contributed by atoms with Gasteiger partial charge in [0.25, 0.3) is 0 Å². The zero-order valence-corrected chi connectivity index (χ0v) is 28.9. The number of nitrogens with one attached hydrogen (secondary N) is 3. The largest absolute Gasteiger partial charge is 0.397 e. The van der Waals surface area contributed by atoms with Gasteiger partial charge in [-0.05, 0) is 65.9 Å². The Kier molecular flexibility index (Phi) is 13.4. The molecule has 1 heterocycles. The first-order chi connectivity index (χ1) is 24.2. The van der Waals surface area contributed by atoms with Gasteiger partial charge in [-0.1, -0.05) is 60.7 Å². The van der Waals surface area contributed by atoms with E-state index in [1.165, 1.54) is 6.92 Å². The molecule has 4 aromatic carbocycles. The lowest BCUT2D eigenvalue weighted by molar-refractivity contribution is -0.245. The maximum absolute atomic E-state index is 12.5. The van der Waals surface area contributed by atoms with Crippen LogP contribution in [0.1, 0.15) is 73.7 Å². The molecule has 1 fully saturated rings. The number of hydrogen-bond donors (Lipinski definition) is 5. The fourth-order valence-corrected chi connectivity index (χ4v) is 6.45. The lowest BCUT2D eigenvalue weighted by atomic mass is 10.0. The number of ether oxygens (including phenoxy) is 2. The second-order valence-corrected chi connectivity index (χ2v) is 13.3. The van der Waals surface area contributed by atoms with E-state index in [-0.39, 0.29) is 36.5 Å². The third-order valence-corrected chi connectivity index (χ3v) is 9.40. The quantitative estimate of drug-likeness (QED) is 0.0513. The van der Waals surface area contributed by atoms with Crippen LogP contribution in [-0.4, -0.2) is 34.7 Å². The van der Waals surface area contributed by atoms with Gasteiger partial charge in [0.05, 0.1) is 30.2 Å². The van der Waals surface area contributed by atoms with Gasteiger partial charge in [0.15, 0.2) is 6.29 Å². The second kappa shape index (κ2) is 18.4. The number of unbranched alkanes of at least 4 members (excludes halogenated alkanes) is 1. The van der Waals surface area contributed by atoms with Gasteiger partial charge >= 0.3 is 0 Å². The summed E-state index contributed by atoms with van der Waals surface area (Å²) in [6.45, 7) is 1.86. The summed E-state index contributed by atoms with van der Waals surface area (Å²) in [6, 6.07) is 30.5. The summed E-state index contributed by atoms with van der Waals surface area (Å²) in [4.78, 5) is 37.1. The van der Waals surface area contributed by atoms with Crippen molar-refractivity contribution in [3.05, 3.63) is 119 Å². The monoisotopic (exact) mass is 696 g/mol. The molecule has 0 saturated carbocycles. The number of rotatable bonds is 15. The number of carbonyl (C=O) groups is 3. The molecule has 0 spiro atoms. The Labute approximate surface area is 297 Å². The van der Waals surface area contributed by atoms with Crippen molar-refractivity contribution in [2.75, 3.05) is 22.1 Å². The van der Waals surface area contributed by atoms with Crippen LogP contribution in [0.2, 0.25) is 0 Å². The molecule has 1 aliphatic rings. The van der Waals surface area contributed by atoms with Gasteiger partial charge in [-0.25, -0.2) is 0 Å².